The highest BCUT2D eigenvalue weighted by molar-refractivity contribution is 7.15. The molecule has 0 radical (unpaired) electrons. The lowest BCUT2D eigenvalue weighted by atomic mass is 10.0. The number of rotatable bonds is 6. The number of carbonyl (C=O) groups is 4. The number of thiophene rings is 1. The van der Waals surface area contributed by atoms with Gasteiger partial charge in [-0.05, 0) is 49.6 Å². The number of carbonyl (C=O) groups excluding carboxylic acids is 3. The van der Waals surface area contributed by atoms with Gasteiger partial charge in [0.1, 0.15) is 0 Å². The van der Waals surface area contributed by atoms with Gasteiger partial charge in [0.2, 0.25) is 0 Å². The van der Waals surface area contributed by atoms with E-state index in [1.807, 2.05) is 38.1 Å². The van der Waals surface area contributed by atoms with Crippen LogP contribution in [0.2, 0.25) is 0 Å². The van der Waals surface area contributed by atoms with Crippen molar-refractivity contribution in [2.75, 3.05) is 7.05 Å². The highest BCUT2D eigenvalue weighted by Crippen LogP contribution is 2.36. The van der Waals surface area contributed by atoms with Crippen molar-refractivity contribution >= 4 is 35.0 Å². The predicted molar refractivity (Wildman–Crippen MR) is 121 cm³/mol. The van der Waals surface area contributed by atoms with Crippen LogP contribution in [0.4, 0.5) is 4.79 Å². The smallest absolute Gasteiger partial charge is 0.316 e. The van der Waals surface area contributed by atoms with E-state index >= 15 is 0 Å². The molecule has 0 saturated carbocycles. The molecule has 3 amide bonds. The molecule has 2 atom stereocenters. The molecular formula is C23H25N3O5S. The lowest BCUT2D eigenvalue weighted by Gasteiger charge is -2.28. The summed E-state index contributed by atoms with van der Waals surface area (Å²) in [4.78, 5) is 51.5. The van der Waals surface area contributed by atoms with Gasteiger partial charge in [0.05, 0.1) is 12.5 Å². The molecule has 0 saturated heterocycles. The summed E-state index contributed by atoms with van der Waals surface area (Å²) < 4.78 is 0. The molecule has 1 aromatic carbocycles. The van der Waals surface area contributed by atoms with Crippen LogP contribution in [-0.4, -0.2) is 46.8 Å². The number of hydrogen-bond acceptors (Lipinski definition) is 5. The van der Waals surface area contributed by atoms with Gasteiger partial charge in [0.15, 0.2) is 11.8 Å². The summed E-state index contributed by atoms with van der Waals surface area (Å²) in [6, 6.07) is 6.73. The zero-order valence-electron chi connectivity index (χ0n) is 18.3. The number of hydrogen-bond donors (Lipinski definition) is 3. The van der Waals surface area contributed by atoms with E-state index in [0.717, 1.165) is 21.6 Å². The van der Waals surface area contributed by atoms with Crippen LogP contribution in [0.15, 0.2) is 42.1 Å². The first kappa shape index (κ1) is 23.2. The Bertz CT molecular complexity index is 1100. The molecule has 0 aliphatic carbocycles. The summed E-state index contributed by atoms with van der Waals surface area (Å²) in [5.41, 5.74) is 3.76. The van der Waals surface area contributed by atoms with Gasteiger partial charge >= 0.3 is 12.0 Å². The molecule has 2 aromatic rings. The van der Waals surface area contributed by atoms with Gasteiger partial charge < -0.3 is 20.6 Å². The van der Waals surface area contributed by atoms with E-state index in [1.54, 1.807) is 13.0 Å². The van der Waals surface area contributed by atoms with Crippen LogP contribution in [0, 0.1) is 13.8 Å². The molecule has 1 aliphatic rings. The first-order valence-electron chi connectivity index (χ1n) is 10.0. The standard InChI is InChI=1S/C23H25N3O5S/c1-12-6-5-7-13(2)20(12)18-9-8-17(32-18)15(11-19(28)29)24-23(31)25-21-16(27)10-14(3)26(4)22(21)30/h5-10,15,21H,11H2,1-4H3,(H,28,29)(H2,24,25,31). The van der Waals surface area contributed by atoms with E-state index in [0.29, 0.717) is 10.6 Å². The number of aliphatic carboxylic acids is 1. The minimum atomic E-state index is -1.34. The van der Waals surface area contributed by atoms with Crippen molar-refractivity contribution in [3.8, 4) is 10.4 Å². The first-order valence-corrected chi connectivity index (χ1v) is 10.8. The highest BCUT2D eigenvalue weighted by atomic mass is 32.1. The Kier molecular flexibility index (Phi) is 6.78. The fourth-order valence-corrected chi connectivity index (χ4v) is 4.85. The van der Waals surface area contributed by atoms with Crippen LogP contribution >= 0.6 is 11.3 Å². The van der Waals surface area contributed by atoms with Crippen LogP contribution in [0.1, 0.15) is 35.4 Å². The lowest BCUT2D eigenvalue weighted by Crippen LogP contribution is -2.56. The zero-order chi connectivity index (χ0) is 23.6. The molecular weight excluding hydrogens is 430 g/mol. The third-order valence-electron chi connectivity index (χ3n) is 5.40. The van der Waals surface area contributed by atoms with Crippen molar-refractivity contribution in [3.05, 3.63) is 58.1 Å². The van der Waals surface area contributed by atoms with Crippen LogP contribution in [-0.2, 0) is 14.4 Å². The molecule has 0 spiro atoms. The van der Waals surface area contributed by atoms with E-state index < -0.39 is 35.8 Å². The van der Waals surface area contributed by atoms with Gasteiger partial charge in [-0.25, -0.2) is 4.79 Å². The molecule has 1 aromatic heterocycles. The largest absolute Gasteiger partial charge is 0.481 e. The quantitative estimate of drug-likeness (QED) is 0.579. The number of urea groups is 1. The Balaban J connectivity index is 1.80. The molecule has 8 nitrogen and oxygen atoms in total. The Morgan fingerprint density at radius 2 is 1.78 bits per heavy atom. The van der Waals surface area contributed by atoms with Gasteiger partial charge in [-0.1, -0.05) is 18.2 Å². The minimum absolute atomic E-state index is 0.342. The normalized spacial score (nSPS) is 17.1. The Morgan fingerprint density at radius 1 is 1.12 bits per heavy atom. The van der Waals surface area contributed by atoms with E-state index in [-0.39, 0.29) is 6.42 Å². The maximum atomic E-state index is 12.6. The third-order valence-corrected chi connectivity index (χ3v) is 6.62. The van der Waals surface area contributed by atoms with Crippen molar-refractivity contribution in [1.29, 1.82) is 0 Å². The van der Waals surface area contributed by atoms with Gasteiger partial charge in [0.25, 0.3) is 5.91 Å². The zero-order valence-corrected chi connectivity index (χ0v) is 19.1. The van der Waals surface area contributed by atoms with Crippen LogP contribution in [0.5, 0.6) is 0 Å². The molecule has 168 valence electrons. The fraction of sp³-hybridized carbons (Fsp3) is 0.304. The van der Waals surface area contributed by atoms with Gasteiger partial charge in [0, 0.05) is 28.6 Å². The molecule has 1 aliphatic heterocycles. The van der Waals surface area contributed by atoms with Crippen molar-refractivity contribution in [1.82, 2.24) is 15.5 Å². The second kappa shape index (κ2) is 9.35. The summed E-state index contributed by atoms with van der Waals surface area (Å²) >= 11 is 1.40. The third kappa shape index (κ3) is 4.88. The van der Waals surface area contributed by atoms with Crippen molar-refractivity contribution in [3.63, 3.8) is 0 Å². The molecule has 3 rings (SSSR count). The van der Waals surface area contributed by atoms with Crippen LogP contribution in [0.3, 0.4) is 0 Å². The average molecular weight is 456 g/mol. The monoisotopic (exact) mass is 455 g/mol. The van der Waals surface area contributed by atoms with Crippen molar-refractivity contribution in [2.45, 2.75) is 39.3 Å². The molecule has 0 bridgehead atoms. The van der Waals surface area contributed by atoms with Gasteiger partial charge in [-0.15, -0.1) is 11.3 Å². The molecule has 3 N–H and O–H groups in total. The second-order valence-electron chi connectivity index (χ2n) is 7.76. The molecule has 32 heavy (non-hydrogen) atoms. The first-order chi connectivity index (χ1) is 15.1. The van der Waals surface area contributed by atoms with Crippen LogP contribution in [0.25, 0.3) is 10.4 Å². The number of carboxylic acids is 1. The van der Waals surface area contributed by atoms with Crippen molar-refractivity contribution < 1.29 is 24.3 Å². The molecule has 2 heterocycles. The number of amides is 3. The predicted octanol–water partition coefficient (Wildman–Crippen LogP) is 3.16. The topological polar surface area (TPSA) is 116 Å². The fourth-order valence-electron chi connectivity index (χ4n) is 3.61. The number of allylic oxidation sites excluding steroid dienone is 1. The maximum Gasteiger partial charge on any atom is 0.316 e. The number of likely N-dealkylation sites (N-methyl/N-ethyl adjacent to an activating group) is 1. The lowest BCUT2D eigenvalue weighted by molar-refractivity contribution is -0.138. The van der Waals surface area contributed by atoms with E-state index in [4.69, 9.17) is 0 Å². The number of carboxylic acid groups (broad SMARTS) is 1. The number of nitrogens with one attached hydrogen (secondary N) is 2. The Hall–Kier alpha value is -3.46. The van der Waals surface area contributed by atoms with E-state index in [1.165, 1.54) is 29.4 Å². The summed E-state index contributed by atoms with van der Waals surface area (Å²) in [5.74, 6) is -2.15. The number of ketones is 1. The Labute approximate surface area is 189 Å². The summed E-state index contributed by atoms with van der Waals surface area (Å²) in [6.07, 6.45) is 0.947. The summed E-state index contributed by atoms with van der Waals surface area (Å²) in [6.45, 7) is 5.64. The SMILES string of the molecule is CC1=CC(=O)C(NC(=O)NC(CC(=O)O)c2ccc(-c3c(C)cccc3C)s2)C(=O)N1C. The minimum Gasteiger partial charge on any atom is -0.481 e. The van der Waals surface area contributed by atoms with Crippen molar-refractivity contribution in [2.24, 2.45) is 0 Å². The van der Waals surface area contributed by atoms with Crippen LogP contribution < -0.4 is 10.6 Å². The van der Waals surface area contributed by atoms with Gasteiger partial charge in [-0.3, -0.25) is 14.4 Å². The second-order valence-corrected chi connectivity index (χ2v) is 8.87. The van der Waals surface area contributed by atoms with E-state index in [9.17, 15) is 24.3 Å². The summed E-state index contributed by atoms with van der Waals surface area (Å²) in [7, 11) is 1.52. The van der Waals surface area contributed by atoms with E-state index in [2.05, 4.69) is 10.6 Å². The summed E-state index contributed by atoms with van der Waals surface area (Å²) in [5, 5.41) is 14.3. The number of nitrogens with zero attached hydrogens (tertiary/aromatic N) is 1. The molecule has 2 unspecified atom stereocenters. The number of aryl methyl sites for hydroxylation is 2. The Morgan fingerprint density at radius 3 is 2.41 bits per heavy atom. The maximum absolute atomic E-state index is 12.6. The number of benzene rings is 1. The highest BCUT2D eigenvalue weighted by Gasteiger charge is 2.34. The molecule has 9 heteroatoms. The average Bonchev–Trinajstić information content (AvgIpc) is 3.18. The molecule has 0 fully saturated rings. The van der Waals surface area contributed by atoms with Gasteiger partial charge in [-0.2, -0.15) is 0 Å².